The Labute approximate surface area is 110 Å². The zero-order valence-corrected chi connectivity index (χ0v) is 11.0. The van der Waals surface area contributed by atoms with Crippen LogP contribution in [0.3, 0.4) is 0 Å². The van der Waals surface area contributed by atoms with Crippen LogP contribution in [-0.2, 0) is 17.9 Å². The number of aryl methyl sites for hydroxylation is 1. The molecule has 0 fully saturated rings. The van der Waals surface area contributed by atoms with Gasteiger partial charge in [0, 0.05) is 24.8 Å². The maximum atomic E-state index is 11.6. The number of aromatic nitrogens is 1. The van der Waals surface area contributed by atoms with Gasteiger partial charge in [0.2, 0.25) is 5.43 Å². The van der Waals surface area contributed by atoms with E-state index in [4.69, 9.17) is 10.2 Å². The summed E-state index contributed by atoms with van der Waals surface area (Å²) in [5, 5.41) is 27.5. The van der Waals surface area contributed by atoms with Crippen molar-refractivity contribution in [1.82, 2.24) is 9.47 Å². The maximum absolute atomic E-state index is 11.6. The number of carboxylic acids is 1. The highest BCUT2D eigenvalue weighted by Gasteiger charge is 2.16. The summed E-state index contributed by atoms with van der Waals surface area (Å²) in [5.41, 5.74) is 0.174. The molecule has 0 saturated carbocycles. The summed E-state index contributed by atoms with van der Waals surface area (Å²) < 4.78 is 1.38. The van der Waals surface area contributed by atoms with E-state index in [1.807, 2.05) is 0 Å². The fraction of sp³-hybridized carbons (Fsp3) is 0.500. The second kappa shape index (κ2) is 6.35. The van der Waals surface area contributed by atoms with E-state index in [1.165, 1.54) is 10.6 Å². The number of nitrogens with zero attached hydrogens (tertiary/aromatic N) is 2. The third kappa shape index (κ3) is 3.80. The summed E-state index contributed by atoms with van der Waals surface area (Å²) in [6.45, 7) is 1.75. The van der Waals surface area contributed by atoms with Gasteiger partial charge in [-0.3, -0.25) is 14.5 Å². The number of pyridine rings is 1. The Bertz CT molecular complexity index is 524. The van der Waals surface area contributed by atoms with Crippen LogP contribution in [0, 0.1) is 6.92 Å². The molecule has 19 heavy (non-hydrogen) atoms. The third-order valence-corrected chi connectivity index (χ3v) is 2.79. The lowest BCUT2D eigenvalue weighted by Crippen LogP contribution is -2.27. The van der Waals surface area contributed by atoms with E-state index in [9.17, 15) is 14.7 Å². The maximum Gasteiger partial charge on any atom is 0.323 e. The molecule has 0 aromatic carbocycles. The minimum absolute atomic E-state index is 0.0633. The molecule has 0 spiro atoms. The molecule has 0 saturated heterocycles. The minimum atomic E-state index is -1.06. The third-order valence-electron chi connectivity index (χ3n) is 2.79. The van der Waals surface area contributed by atoms with Crippen LogP contribution in [0.4, 0.5) is 0 Å². The average Bonchev–Trinajstić information content (AvgIpc) is 2.30. The Kier molecular flexibility index (Phi) is 5.08. The molecule has 0 aliphatic heterocycles. The van der Waals surface area contributed by atoms with Crippen LogP contribution in [-0.4, -0.2) is 51.0 Å². The molecule has 1 heterocycles. The number of aliphatic hydroxyl groups is 1. The summed E-state index contributed by atoms with van der Waals surface area (Å²) in [5.74, 6) is -1.51. The molecular formula is C12H18N2O5. The van der Waals surface area contributed by atoms with Gasteiger partial charge < -0.3 is 19.9 Å². The quantitative estimate of drug-likeness (QED) is 0.636. The fourth-order valence-electron chi connectivity index (χ4n) is 1.84. The second-order valence-corrected chi connectivity index (χ2v) is 4.39. The van der Waals surface area contributed by atoms with Crippen molar-refractivity contribution in [3.8, 4) is 5.75 Å². The van der Waals surface area contributed by atoms with Crippen molar-refractivity contribution in [3.05, 3.63) is 27.7 Å². The SMILES string of the molecule is Cc1cc(=O)c(O)c(CN(C)CCO)n1CC(=O)O. The van der Waals surface area contributed by atoms with Crippen molar-refractivity contribution < 1.29 is 20.1 Å². The summed E-state index contributed by atoms with van der Waals surface area (Å²) in [4.78, 5) is 24.1. The molecule has 0 atom stereocenters. The normalized spacial score (nSPS) is 10.9. The van der Waals surface area contributed by atoms with Crippen LogP contribution in [0.2, 0.25) is 0 Å². The van der Waals surface area contributed by atoms with Gasteiger partial charge in [0.15, 0.2) is 5.75 Å². The Balaban J connectivity index is 3.24. The zero-order chi connectivity index (χ0) is 14.6. The number of likely N-dealkylation sites (N-methyl/N-ethyl adjacent to an activating group) is 1. The van der Waals surface area contributed by atoms with E-state index in [1.54, 1.807) is 18.9 Å². The molecule has 7 nitrogen and oxygen atoms in total. The first-order valence-corrected chi connectivity index (χ1v) is 5.80. The molecule has 106 valence electrons. The van der Waals surface area contributed by atoms with Crippen LogP contribution < -0.4 is 5.43 Å². The van der Waals surface area contributed by atoms with E-state index in [2.05, 4.69) is 0 Å². The molecule has 1 rings (SSSR count). The van der Waals surface area contributed by atoms with E-state index in [0.29, 0.717) is 12.2 Å². The number of hydrogen-bond donors (Lipinski definition) is 3. The van der Waals surface area contributed by atoms with Gasteiger partial charge in [0.05, 0.1) is 12.3 Å². The van der Waals surface area contributed by atoms with E-state index in [-0.39, 0.29) is 25.4 Å². The molecule has 1 aromatic rings. The molecule has 0 unspecified atom stereocenters. The van der Waals surface area contributed by atoms with Crippen molar-refractivity contribution in [2.45, 2.75) is 20.0 Å². The number of aliphatic hydroxyl groups excluding tert-OH is 1. The van der Waals surface area contributed by atoms with Crippen LogP contribution >= 0.6 is 0 Å². The van der Waals surface area contributed by atoms with Gasteiger partial charge in [-0.05, 0) is 14.0 Å². The lowest BCUT2D eigenvalue weighted by molar-refractivity contribution is -0.137. The Morgan fingerprint density at radius 3 is 2.63 bits per heavy atom. The van der Waals surface area contributed by atoms with Crippen LogP contribution in [0.1, 0.15) is 11.4 Å². The molecule has 0 bridgehead atoms. The summed E-state index contributed by atoms with van der Waals surface area (Å²) in [6.07, 6.45) is 0. The average molecular weight is 270 g/mol. The van der Waals surface area contributed by atoms with Crippen molar-refractivity contribution >= 4 is 5.97 Å². The van der Waals surface area contributed by atoms with E-state index < -0.39 is 17.1 Å². The highest BCUT2D eigenvalue weighted by atomic mass is 16.4. The number of carboxylic acid groups (broad SMARTS) is 1. The topological polar surface area (TPSA) is 103 Å². The molecule has 0 radical (unpaired) electrons. The van der Waals surface area contributed by atoms with Crippen molar-refractivity contribution in [2.24, 2.45) is 0 Å². The number of rotatable bonds is 6. The predicted octanol–water partition coefficient (Wildman–Crippen LogP) is -0.629. The first-order chi connectivity index (χ1) is 8.86. The molecule has 7 heteroatoms. The summed E-state index contributed by atoms with van der Waals surface area (Å²) >= 11 is 0. The van der Waals surface area contributed by atoms with Gasteiger partial charge in [0.1, 0.15) is 6.54 Å². The van der Waals surface area contributed by atoms with Crippen LogP contribution in [0.15, 0.2) is 10.9 Å². The number of hydrogen-bond acceptors (Lipinski definition) is 5. The number of aromatic hydroxyl groups is 1. The minimum Gasteiger partial charge on any atom is -0.503 e. The Morgan fingerprint density at radius 1 is 1.47 bits per heavy atom. The van der Waals surface area contributed by atoms with Gasteiger partial charge in [0.25, 0.3) is 0 Å². The van der Waals surface area contributed by atoms with Gasteiger partial charge in [-0.25, -0.2) is 0 Å². The largest absolute Gasteiger partial charge is 0.503 e. The van der Waals surface area contributed by atoms with E-state index in [0.717, 1.165) is 0 Å². The van der Waals surface area contributed by atoms with Gasteiger partial charge >= 0.3 is 5.97 Å². The lowest BCUT2D eigenvalue weighted by Gasteiger charge is -2.21. The van der Waals surface area contributed by atoms with Crippen molar-refractivity contribution in [2.75, 3.05) is 20.2 Å². The first-order valence-electron chi connectivity index (χ1n) is 5.80. The smallest absolute Gasteiger partial charge is 0.323 e. The number of aliphatic carboxylic acids is 1. The van der Waals surface area contributed by atoms with Crippen molar-refractivity contribution in [1.29, 1.82) is 0 Å². The highest BCUT2D eigenvalue weighted by molar-refractivity contribution is 5.67. The first kappa shape index (κ1) is 15.2. The summed E-state index contributed by atoms with van der Waals surface area (Å²) in [6, 6.07) is 1.20. The van der Waals surface area contributed by atoms with E-state index >= 15 is 0 Å². The molecule has 3 N–H and O–H groups in total. The summed E-state index contributed by atoms with van der Waals surface area (Å²) in [7, 11) is 1.70. The zero-order valence-electron chi connectivity index (χ0n) is 11.0. The molecule has 0 amide bonds. The predicted molar refractivity (Wildman–Crippen MR) is 68.2 cm³/mol. The Morgan fingerprint density at radius 2 is 2.11 bits per heavy atom. The molecule has 0 aliphatic rings. The fourth-order valence-corrected chi connectivity index (χ4v) is 1.84. The highest BCUT2D eigenvalue weighted by Crippen LogP contribution is 2.16. The van der Waals surface area contributed by atoms with Gasteiger partial charge in [-0.15, -0.1) is 0 Å². The molecule has 0 aliphatic carbocycles. The van der Waals surface area contributed by atoms with Gasteiger partial charge in [-0.2, -0.15) is 0 Å². The monoisotopic (exact) mass is 270 g/mol. The molecular weight excluding hydrogens is 252 g/mol. The van der Waals surface area contributed by atoms with Crippen LogP contribution in [0.25, 0.3) is 0 Å². The Hall–Kier alpha value is -1.86. The number of carbonyl (C=O) groups is 1. The van der Waals surface area contributed by atoms with Crippen molar-refractivity contribution in [3.63, 3.8) is 0 Å². The van der Waals surface area contributed by atoms with Gasteiger partial charge in [-0.1, -0.05) is 0 Å². The van der Waals surface area contributed by atoms with Crippen LogP contribution in [0.5, 0.6) is 5.75 Å². The lowest BCUT2D eigenvalue weighted by atomic mass is 10.2. The second-order valence-electron chi connectivity index (χ2n) is 4.39. The standard InChI is InChI=1S/C12H18N2O5/c1-8-5-10(16)12(19)9(6-13(2)3-4-15)14(8)7-11(17)18/h5,15,19H,3-4,6-7H2,1-2H3,(H,17,18). The molecule has 1 aromatic heterocycles.